The summed E-state index contributed by atoms with van der Waals surface area (Å²) in [6, 6.07) is 17.7. The second-order valence-electron chi connectivity index (χ2n) is 6.57. The Bertz CT molecular complexity index is 624. The third-order valence-electron chi connectivity index (χ3n) is 4.83. The Morgan fingerprint density at radius 2 is 1.68 bits per heavy atom. The first-order valence-electron chi connectivity index (χ1n) is 8.26. The molecular formula is C19H23N2S+. The van der Waals surface area contributed by atoms with Crippen LogP contribution < -0.4 is 9.80 Å². The molecule has 2 aliphatic heterocycles. The van der Waals surface area contributed by atoms with Crippen LogP contribution in [0.2, 0.25) is 0 Å². The maximum atomic E-state index is 2.56. The molecule has 0 aliphatic carbocycles. The third kappa shape index (κ3) is 2.64. The summed E-state index contributed by atoms with van der Waals surface area (Å²) in [5, 5.41) is 0. The van der Waals surface area contributed by atoms with Crippen LogP contribution in [0.4, 0.5) is 11.4 Å². The summed E-state index contributed by atoms with van der Waals surface area (Å²) in [6.07, 6.45) is 2.73. The minimum absolute atomic E-state index is 0.790. The number of anilines is 2. The molecule has 1 fully saturated rings. The first-order valence-corrected chi connectivity index (χ1v) is 9.07. The van der Waals surface area contributed by atoms with Gasteiger partial charge in [0.1, 0.15) is 0 Å². The van der Waals surface area contributed by atoms with Gasteiger partial charge < -0.3 is 9.80 Å². The average Bonchev–Trinajstić information content (AvgIpc) is 2.55. The van der Waals surface area contributed by atoms with Crippen LogP contribution in [-0.4, -0.2) is 26.7 Å². The Kier molecular flexibility index (Phi) is 3.85. The smallest absolute Gasteiger partial charge is 0.0814 e. The van der Waals surface area contributed by atoms with E-state index in [2.05, 4.69) is 60.5 Å². The molecule has 0 bridgehead atoms. The standard InChI is InChI=1S/C19H22N2S/c1-20-12-6-7-15(13-20)14-21-16-8-2-4-10-18(16)22-19-11-5-3-9-17(19)21/h2-5,8-11,15H,6-7,12-14H2,1H3/p+1/t15-/m0/s1. The van der Waals surface area contributed by atoms with Gasteiger partial charge in [0.15, 0.2) is 0 Å². The predicted molar refractivity (Wildman–Crippen MR) is 93.4 cm³/mol. The summed E-state index contributed by atoms with van der Waals surface area (Å²) in [5.41, 5.74) is 2.77. The first kappa shape index (κ1) is 14.2. The van der Waals surface area contributed by atoms with Crippen molar-refractivity contribution in [3.63, 3.8) is 0 Å². The Labute approximate surface area is 137 Å². The maximum absolute atomic E-state index is 2.56. The zero-order valence-corrected chi connectivity index (χ0v) is 13.9. The third-order valence-corrected chi connectivity index (χ3v) is 5.96. The molecule has 3 heteroatoms. The van der Waals surface area contributed by atoms with Gasteiger partial charge in [-0.2, -0.15) is 0 Å². The van der Waals surface area contributed by atoms with E-state index in [-0.39, 0.29) is 0 Å². The van der Waals surface area contributed by atoms with Crippen molar-refractivity contribution in [3.8, 4) is 0 Å². The highest BCUT2D eigenvalue weighted by molar-refractivity contribution is 7.99. The van der Waals surface area contributed by atoms with E-state index in [9.17, 15) is 0 Å². The molecule has 1 N–H and O–H groups in total. The molecule has 2 atom stereocenters. The van der Waals surface area contributed by atoms with Gasteiger partial charge in [-0.3, -0.25) is 0 Å². The monoisotopic (exact) mass is 311 g/mol. The largest absolute Gasteiger partial charge is 0.339 e. The average molecular weight is 311 g/mol. The zero-order chi connectivity index (χ0) is 14.9. The molecular weight excluding hydrogens is 288 g/mol. The second-order valence-corrected chi connectivity index (χ2v) is 7.65. The lowest BCUT2D eigenvalue weighted by Gasteiger charge is -2.37. The van der Waals surface area contributed by atoms with Crippen LogP contribution in [0.1, 0.15) is 12.8 Å². The molecule has 0 aromatic heterocycles. The normalized spacial score (nSPS) is 23.8. The van der Waals surface area contributed by atoms with Gasteiger partial charge in [-0.05, 0) is 37.1 Å². The molecule has 1 unspecified atom stereocenters. The molecule has 2 aromatic rings. The molecule has 2 heterocycles. The number of hydrogen-bond donors (Lipinski definition) is 1. The van der Waals surface area contributed by atoms with Crippen molar-refractivity contribution in [3.05, 3.63) is 48.5 Å². The van der Waals surface area contributed by atoms with Gasteiger partial charge in [-0.25, -0.2) is 0 Å². The van der Waals surface area contributed by atoms with Gasteiger partial charge in [0.25, 0.3) is 0 Å². The lowest BCUT2D eigenvalue weighted by molar-refractivity contribution is -0.888. The number of piperidine rings is 1. The van der Waals surface area contributed by atoms with Gasteiger partial charge in [0.2, 0.25) is 0 Å². The lowest BCUT2D eigenvalue weighted by atomic mass is 9.97. The highest BCUT2D eigenvalue weighted by atomic mass is 32.2. The van der Waals surface area contributed by atoms with E-state index >= 15 is 0 Å². The Morgan fingerprint density at radius 3 is 2.32 bits per heavy atom. The molecule has 22 heavy (non-hydrogen) atoms. The van der Waals surface area contributed by atoms with E-state index in [0.717, 1.165) is 12.5 Å². The fourth-order valence-corrected chi connectivity index (χ4v) is 4.88. The zero-order valence-electron chi connectivity index (χ0n) is 13.1. The van der Waals surface area contributed by atoms with Gasteiger partial charge >= 0.3 is 0 Å². The number of nitrogens with one attached hydrogen (secondary N) is 1. The van der Waals surface area contributed by atoms with Crippen molar-refractivity contribution in [2.45, 2.75) is 22.6 Å². The molecule has 4 rings (SSSR count). The van der Waals surface area contributed by atoms with Crippen molar-refractivity contribution in [1.82, 2.24) is 0 Å². The summed E-state index contributed by atoms with van der Waals surface area (Å²) in [6.45, 7) is 3.78. The van der Waals surface area contributed by atoms with Crippen LogP contribution >= 0.6 is 11.8 Å². The lowest BCUT2D eigenvalue weighted by Crippen LogP contribution is -3.10. The molecule has 2 aliphatic rings. The number of benzene rings is 2. The molecule has 2 nitrogen and oxygen atoms in total. The molecule has 0 spiro atoms. The molecule has 0 amide bonds. The number of fused-ring (bicyclic) bond motifs is 2. The number of hydrogen-bond acceptors (Lipinski definition) is 2. The van der Waals surface area contributed by atoms with Crippen LogP contribution in [0.5, 0.6) is 0 Å². The van der Waals surface area contributed by atoms with E-state index in [1.54, 1.807) is 4.90 Å². The van der Waals surface area contributed by atoms with Crippen molar-refractivity contribution >= 4 is 23.1 Å². The fraction of sp³-hybridized carbons (Fsp3) is 0.368. The highest BCUT2D eigenvalue weighted by Crippen LogP contribution is 2.48. The number of para-hydroxylation sites is 2. The van der Waals surface area contributed by atoms with Gasteiger partial charge in [0.05, 0.1) is 31.5 Å². The molecule has 0 radical (unpaired) electrons. The summed E-state index contributed by atoms with van der Waals surface area (Å²) in [4.78, 5) is 7.02. The Morgan fingerprint density at radius 1 is 1.05 bits per heavy atom. The van der Waals surface area contributed by atoms with Crippen molar-refractivity contribution < 1.29 is 4.90 Å². The fourth-order valence-electron chi connectivity index (χ4n) is 3.78. The van der Waals surface area contributed by atoms with Crippen molar-refractivity contribution in [2.24, 2.45) is 5.92 Å². The van der Waals surface area contributed by atoms with E-state index in [0.29, 0.717) is 0 Å². The van der Waals surface area contributed by atoms with Crippen molar-refractivity contribution in [2.75, 3.05) is 31.6 Å². The van der Waals surface area contributed by atoms with Crippen LogP contribution in [0.25, 0.3) is 0 Å². The topological polar surface area (TPSA) is 7.68 Å². The predicted octanol–water partition coefficient (Wildman–Crippen LogP) is 3.21. The van der Waals surface area contributed by atoms with Crippen LogP contribution in [0.3, 0.4) is 0 Å². The van der Waals surface area contributed by atoms with E-state index < -0.39 is 0 Å². The minimum atomic E-state index is 0.790. The quantitative estimate of drug-likeness (QED) is 0.911. The van der Waals surface area contributed by atoms with Crippen molar-refractivity contribution in [1.29, 1.82) is 0 Å². The summed E-state index contributed by atoms with van der Waals surface area (Å²) >= 11 is 1.90. The molecule has 114 valence electrons. The Hall–Kier alpha value is -1.45. The number of quaternary nitrogens is 1. The number of nitrogens with zero attached hydrogens (tertiary/aromatic N) is 1. The SMILES string of the molecule is C[NH+]1CCC[C@H](CN2c3ccccc3Sc3ccccc32)C1. The summed E-state index contributed by atoms with van der Waals surface area (Å²) in [5.74, 6) is 0.790. The van der Waals surface area contributed by atoms with Crippen LogP contribution in [-0.2, 0) is 0 Å². The summed E-state index contributed by atoms with van der Waals surface area (Å²) in [7, 11) is 2.33. The first-order chi connectivity index (χ1) is 10.8. The molecule has 2 aromatic carbocycles. The second kappa shape index (κ2) is 5.98. The van der Waals surface area contributed by atoms with E-state index in [1.807, 2.05) is 11.8 Å². The van der Waals surface area contributed by atoms with Crippen LogP contribution in [0, 0.1) is 5.92 Å². The van der Waals surface area contributed by atoms with Gasteiger partial charge in [-0.15, -0.1) is 0 Å². The number of rotatable bonds is 2. The van der Waals surface area contributed by atoms with Gasteiger partial charge in [-0.1, -0.05) is 36.0 Å². The molecule has 1 saturated heterocycles. The maximum Gasteiger partial charge on any atom is 0.0814 e. The minimum Gasteiger partial charge on any atom is -0.339 e. The molecule has 0 saturated carbocycles. The number of likely N-dealkylation sites (tertiary alicyclic amines) is 1. The summed E-state index contributed by atoms with van der Waals surface area (Å²) < 4.78 is 0. The van der Waals surface area contributed by atoms with E-state index in [4.69, 9.17) is 0 Å². The van der Waals surface area contributed by atoms with E-state index in [1.165, 1.54) is 47.1 Å². The Balaban J connectivity index is 1.68. The highest BCUT2D eigenvalue weighted by Gasteiger charge is 2.28. The van der Waals surface area contributed by atoms with Crippen LogP contribution in [0.15, 0.2) is 58.3 Å². The van der Waals surface area contributed by atoms with Gasteiger partial charge in [0, 0.05) is 22.3 Å².